The minimum atomic E-state index is 0.138. The number of carbonyl (C=O) groups is 2. The van der Waals surface area contributed by atoms with Crippen LogP contribution in [0.4, 0.5) is 0 Å². The number of rotatable bonds is 3. The number of hydrogen-bond donors (Lipinski definition) is 0. The van der Waals surface area contributed by atoms with E-state index in [-0.39, 0.29) is 11.6 Å². The van der Waals surface area contributed by atoms with Gasteiger partial charge < -0.3 is 0 Å². The van der Waals surface area contributed by atoms with Gasteiger partial charge in [0.15, 0.2) is 11.6 Å². The van der Waals surface area contributed by atoms with E-state index < -0.39 is 0 Å². The molecule has 0 aromatic heterocycles. The summed E-state index contributed by atoms with van der Waals surface area (Å²) in [6.45, 7) is 7.86. The molecule has 4 aromatic carbocycles. The van der Waals surface area contributed by atoms with Crippen LogP contribution >= 0.6 is 44.2 Å². The Balaban J connectivity index is 0.000000287. The van der Waals surface area contributed by atoms with Crippen molar-refractivity contribution in [2.24, 2.45) is 0 Å². The second-order valence-electron chi connectivity index (χ2n) is 7.07. The molecule has 4 aromatic rings. The predicted molar refractivity (Wildman–Crippen MR) is 155 cm³/mol. The number of ketones is 2. The number of alkyl halides is 1. The quantitative estimate of drug-likeness (QED) is 0.166. The fourth-order valence-electron chi connectivity index (χ4n) is 3.67. The molecular formula is C28H29Br3O2. The molecule has 0 unspecified atom stereocenters. The van der Waals surface area contributed by atoms with Gasteiger partial charge in [-0.2, -0.15) is 0 Å². The van der Waals surface area contributed by atoms with Crippen molar-refractivity contribution in [1.29, 1.82) is 0 Å². The second kappa shape index (κ2) is 15.2. The number of fused-ring (bicyclic) bond motifs is 2. The number of hydrogen-bond acceptors (Lipinski definition) is 2. The van der Waals surface area contributed by atoms with Crippen molar-refractivity contribution in [3.05, 3.63) is 95.1 Å². The molecule has 5 heteroatoms. The number of halogens is 3. The third-order valence-corrected chi connectivity index (χ3v) is 5.54. The zero-order valence-electron chi connectivity index (χ0n) is 20.3. The smallest absolute Gasteiger partial charge is 0.174 e. The van der Waals surface area contributed by atoms with Crippen molar-refractivity contribution in [2.75, 3.05) is 5.33 Å². The number of Topliss-reactive ketones (excluding diaryl/α,β-unsaturated/α-hetero) is 2. The van der Waals surface area contributed by atoms with E-state index in [1.54, 1.807) is 13.8 Å². The molecule has 0 saturated heterocycles. The maximum atomic E-state index is 11.8. The zero-order valence-corrected chi connectivity index (χ0v) is 24.1. The fourth-order valence-corrected chi connectivity index (χ4v) is 3.95. The molecule has 0 aliphatic rings. The van der Waals surface area contributed by atoms with Crippen molar-refractivity contribution >= 4 is 77.3 Å². The summed E-state index contributed by atoms with van der Waals surface area (Å²) in [5.41, 5.74) is 3.78. The van der Waals surface area contributed by atoms with Gasteiger partial charge in [0.1, 0.15) is 0 Å². The normalized spacial score (nSPS) is 9.97. The minimum absolute atomic E-state index is 0.138. The summed E-state index contributed by atoms with van der Waals surface area (Å²) in [4.78, 5) is 23.3. The largest absolute Gasteiger partial charge is 0.294 e. The Labute approximate surface area is 222 Å². The lowest BCUT2D eigenvalue weighted by molar-refractivity contribution is 0.101. The molecule has 0 aliphatic carbocycles. The third-order valence-electron chi connectivity index (χ3n) is 5.03. The zero-order chi connectivity index (χ0) is 25.7. The van der Waals surface area contributed by atoms with Crippen LogP contribution < -0.4 is 0 Å². The Hall–Kier alpha value is -1.82. The molecule has 0 radical (unpaired) electrons. The summed E-state index contributed by atoms with van der Waals surface area (Å²) in [5.74, 6) is 0.281. The molecule has 0 fully saturated rings. The molecule has 0 amide bonds. The van der Waals surface area contributed by atoms with E-state index in [0.29, 0.717) is 12.2 Å². The molecule has 0 atom stereocenters. The highest BCUT2D eigenvalue weighted by Gasteiger charge is 2.11. The topological polar surface area (TPSA) is 34.1 Å². The van der Waals surface area contributed by atoms with Gasteiger partial charge in [-0.25, -0.2) is 0 Å². The molecule has 4 rings (SSSR count). The maximum Gasteiger partial charge on any atom is 0.174 e. The van der Waals surface area contributed by atoms with Crippen LogP contribution in [-0.2, 0) is 0 Å². The van der Waals surface area contributed by atoms with Crippen molar-refractivity contribution in [3.63, 3.8) is 0 Å². The number of aryl methyl sites for hydroxylation is 2. The van der Waals surface area contributed by atoms with Gasteiger partial charge in [-0.3, -0.25) is 9.59 Å². The highest BCUT2D eigenvalue weighted by molar-refractivity contribution is 9.93. The molecular weight excluding hydrogens is 608 g/mol. The molecule has 2 nitrogen and oxygen atoms in total. The molecule has 33 heavy (non-hydrogen) atoms. The van der Waals surface area contributed by atoms with Crippen LogP contribution in [0.3, 0.4) is 0 Å². The molecule has 0 spiro atoms. The first-order valence-corrected chi connectivity index (χ1v) is 15.2. The summed E-state index contributed by atoms with van der Waals surface area (Å²) in [7, 11) is 0. The lowest BCUT2D eigenvalue weighted by Crippen LogP contribution is -2.03. The van der Waals surface area contributed by atoms with E-state index in [4.69, 9.17) is 1.37 Å². The van der Waals surface area contributed by atoms with Gasteiger partial charge in [0, 0.05) is 40.8 Å². The van der Waals surface area contributed by atoms with Crippen LogP contribution in [0.15, 0.2) is 72.8 Å². The van der Waals surface area contributed by atoms with Gasteiger partial charge in [0.25, 0.3) is 0 Å². The Morgan fingerprint density at radius 2 is 1.15 bits per heavy atom. The van der Waals surface area contributed by atoms with Crippen LogP contribution in [0.2, 0.25) is 0 Å². The highest BCUT2D eigenvalue weighted by Crippen LogP contribution is 2.23. The van der Waals surface area contributed by atoms with E-state index in [2.05, 4.69) is 56.3 Å². The van der Waals surface area contributed by atoms with Gasteiger partial charge in [-0.1, -0.05) is 103 Å². The number of benzene rings is 4. The van der Waals surface area contributed by atoms with Crippen molar-refractivity contribution in [1.82, 2.24) is 0 Å². The van der Waals surface area contributed by atoms with Crippen LogP contribution in [0, 0.1) is 13.8 Å². The highest BCUT2D eigenvalue weighted by atomic mass is 80.9. The van der Waals surface area contributed by atoms with Gasteiger partial charge >= 0.3 is 0 Å². The van der Waals surface area contributed by atoms with Crippen LogP contribution in [0.25, 0.3) is 21.5 Å². The molecule has 0 saturated carbocycles. The van der Waals surface area contributed by atoms with E-state index in [9.17, 15) is 9.59 Å². The average Bonchev–Trinajstić information content (AvgIpc) is 2.85. The summed E-state index contributed by atoms with van der Waals surface area (Å²) in [6.07, 6.45) is 0. The summed E-state index contributed by atoms with van der Waals surface area (Å²) < 4.78 is 6.21. The summed E-state index contributed by atoms with van der Waals surface area (Å²) in [5, 5.41) is 4.72. The van der Waals surface area contributed by atoms with Crippen LogP contribution in [0.5, 0.6) is 0 Å². The van der Waals surface area contributed by atoms with Crippen molar-refractivity contribution in [3.8, 4) is 0 Å². The predicted octanol–water partition coefficient (Wildman–Crippen LogP) is 9.79. The van der Waals surface area contributed by atoms with Crippen LogP contribution in [0.1, 0.15) is 54.0 Å². The monoisotopic (exact) mass is 635 g/mol. The number of carbonyl (C=O) groups excluding carboxylic acids is 2. The molecule has 0 N–H and O–H groups in total. The molecule has 0 bridgehead atoms. The lowest BCUT2D eigenvalue weighted by atomic mass is 9.97. The molecule has 0 aliphatic heterocycles. The first-order chi connectivity index (χ1) is 16.3. The standard InChI is InChI=1S/C13H11BrO.C13H12O.C2H6.Br2/c1-9-6-7-10-4-2-3-5-11(10)13(9)12(15)8-14;1-9-7-8-11-5-3-4-6-12(11)13(9)10(2)14;2*1-2/h2-7H,8H2,1H3;3-8H,1-2H3;1-2H3;/i;;1D;. The van der Waals surface area contributed by atoms with Gasteiger partial charge in [0.2, 0.25) is 0 Å². The van der Waals surface area contributed by atoms with E-state index in [0.717, 1.165) is 43.8 Å². The Kier molecular flexibility index (Phi) is 12.6. The first kappa shape index (κ1) is 27.4. The van der Waals surface area contributed by atoms with E-state index in [1.165, 1.54) is 0 Å². The molecule has 0 heterocycles. The summed E-state index contributed by atoms with van der Waals surface area (Å²) >= 11 is 8.72. The second-order valence-corrected chi connectivity index (χ2v) is 7.63. The fraction of sp³-hybridized carbons (Fsp3) is 0.214. The van der Waals surface area contributed by atoms with Gasteiger partial charge in [0.05, 0.1) is 5.33 Å². The van der Waals surface area contributed by atoms with Crippen molar-refractivity contribution < 1.29 is 11.0 Å². The van der Waals surface area contributed by atoms with E-state index in [1.807, 2.05) is 74.5 Å². The maximum absolute atomic E-state index is 11.8. The SMILES string of the molecule is BrBr.CC(=O)c1c(C)ccc2ccccc12.Cc1ccc2ccccc2c1C(=O)CBr.[2H]CC. The molecule has 174 valence electrons. The van der Waals surface area contributed by atoms with Crippen molar-refractivity contribution in [2.45, 2.75) is 34.6 Å². The Bertz CT molecular complexity index is 1240. The Morgan fingerprint density at radius 3 is 1.58 bits per heavy atom. The van der Waals surface area contributed by atoms with Gasteiger partial charge in [-0.15, -0.1) is 0 Å². The first-order valence-electron chi connectivity index (χ1n) is 11.1. The van der Waals surface area contributed by atoms with E-state index >= 15 is 0 Å². The average molecular weight is 638 g/mol. The third kappa shape index (κ3) is 7.59. The van der Waals surface area contributed by atoms with Crippen LogP contribution in [-0.4, -0.2) is 16.9 Å². The Morgan fingerprint density at radius 1 is 0.758 bits per heavy atom. The summed E-state index contributed by atoms with van der Waals surface area (Å²) in [6, 6.07) is 24.1. The minimum Gasteiger partial charge on any atom is -0.294 e. The lowest BCUT2D eigenvalue weighted by Gasteiger charge is -2.07. The van der Waals surface area contributed by atoms with Gasteiger partial charge in [-0.05, 0) is 53.4 Å².